The van der Waals surface area contributed by atoms with Gasteiger partial charge in [0.25, 0.3) is 0 Å². The number of hydrogen-bond donors (Lipinski definition) is 1. The standard InChI is InChI=1S/C18H14ClF3N2O2/c19-12-5-7-13(8-6-12)24-10-11(9-16(24)25)17(26)23-15-4-2-1-3-14(15)18(20,21)22/h1-8,11H,9-10H2,(H,23,26)/t11-/m1/s1. The Balaban J connectivity index is 1.74. The Bertz CT molecular complexity index is 837. The van der Waals surface area contributed by atoms with Crippen LogP contribution in [-0.4, -0.2) is 18.4 Å². The second-order valence-corrected chi connectivity index (χ2v) is 6.35. The molecule has 136 valence electrons. The van der Waals surface area contributed by atoms with E-state index in [4.69, 9.17) is 11.6 Å². The highest BCUT2D eigenvalue weighted by Gasteiger charge is 2.37. The number of nitrogens with one attached hydrogen (secondary N) is 1. The maximum absolute atomic E-state index is 13.0. The van der Waals surface area contributed by atoms with Crippen molar-refractivity contribution in [3.8, 4) is 0 Å². The second-order valence-electron chi connectivity index (χ2n) is 5.91. The van der Waals surface area contributed by atoms with E-state index in [0.29, 0.717) is 10.7 Å². The zero-order valence-electron chi connectivity index (χ0n) is 13.4. The van der Waals surface area contributed by atoms with E-state index in [-0.39, 0.29) is 24.6 Å². The van der Waals surface area contributed by atoms with Crippen LogP contribution in [0.25, 0.3) is 0 Å². The van der Waals surface area contributed by atoms with Crippen molar-refractivity contribution < 1.29 is 22.8 Å². The molecule has 1 saturated heterocycles. The third-order valence-electron chi connectivity index (χ3n) is 4.12. The molecule has 1 aliphatic heterocycles. The highest BCUT2D eigenvalue weighted by molar-refractivity contribution is 6.30. The maximum atomic E-state index is 13.0. The number of carbonyl (C=O) groups is 2. The summed E-state index contributed by atoms with van der Waals surface area (Å²) in [4.78, 5) is 26.0. The van der Waals surface area contributed by atoms with Crippen LogP contribution < -0.4 is 10.2 Å². The Kier molecular flexibility index (Phi) is 4.91. The van der Waals surface area contributed by atoms with Crippen molar-refractivity contribution in [2.45, 2.75) is 12.6 Å². The predicted molar refractivity (Wildman–Crippen MR) is 92.0 cm³/mol. The van der Waals surface area contributed by atoms with E-state index in [9.17, 15) is 22.8 Å². The number of rotatable bonds is 3. The first-order valence-corrected chi connectivity index (χ1v) is 8.16. The van der Waals surface area contributed by atoms with Crippen LogP contribution in [0.4, 0.5) is 24.5 Å². The van der Waals surface area contributed by atoms with Gasteiger partial charge in [0.2, 0.25) is 11.8 Å². The van der Waals surface area contributed by atoms with E-state index in [2.05, 4.69) is 5.32 Å². The number of nitrogens with zero attached hydrogens (tertiary/aromatic N) is 1. The average molecular weight is 383 g/mol. The summed E-state index contributed by atoms with van der Waals surface area (Å²) in [5.41, 5.74) is -0.653. The average Bonchev–Trinajstić information content (AvgIpc) is 2.97. The SMILES string of the molecule is O=C(Nc1ccccc1C(F)(F)F)[C@@H]1CC(=O)N(c2ccc(Cl)cc2)C1. The number of carbonyl (C=O) groups excluding carboxylic acids is 2. The van der Waals surface area contributed by atoms with Gasteiger partial charge in [-0.3, -0.25) is 9.59 Å². The van der Waals surface area contributed by atoms with Crippen LogP contribution in [0.1, 0.15) is 12.0 Å². The highest BCUT2D eigenvalue weighted by atomic mass is 35.5. The summed E-state index contributed by atoms with van der Waals surface area (Å²) in [6.07, 6.45) is -4.65. The highest BCUT2D eigenvalue weighted by Crippen LogP contribution is 2.35. The van der Waals surface area contributed by atoms with Gasteiger partial charge in [-0.05, 0) is 36.4 Å². The molecule has 2 aromatic carbocycles. The van der Waals surface area contributed by atoms with Crippen molar-refractivity contribution >= 4 is 34.8 Å². The molecule has 0 aliphatic carbocycles. The van der Waals surface area contributed by atoms with Crippen LogP contribution in [0.3, 0.4) is 0 Å². The van der Waals surface area contributed by atoms with Gasteiger partial charge in [0.1, 0.15) is 0 Å². The molecule has 0 spiro atoms. The first kappa shape index (κ1) is 18.3. The fourth-order valence-corrected chi connectivity index (χ4v) is 2.95. The Morgan fingerprint density at radius 2 is 1.77 bits per heavy atom. The molecule has 0 aromatic heterocycles. The predicted octanol–water partition coefficient (Wildman–Crippen LogP) is 4.35. The van der Waals surface area contributed by atoms with Gasteiger partial charge in [0.05, 0.1) is 17.2 Å². The normalized spacial score (nSPS) is 17.5. The Labute approximate surface area is 152 Å². The topological polar surface area (TPSA) is 49.4 Å². The molecule has 0 saturated carbocycles. The van der Waals surface area contributed by atoms with Gasteiger partial charge in [-0.25, -0.2) is 0 Å². The van der Waals surface area contributed by atoms with Crippen LogP contribution in [0.15, 0.2) is 48.5 Å². The summed E-state index contributed by atoms with van der Waals surface area (Å²) >= 11 is 5.82. The molecule has 1 atom stereocenters. The van der Waals surface area contributed by atoms with Crippen LogP contribution in [-0.2, 0) is 15.8 Å². The summed E-state index contributed by atoms with van der Waals surface area (Å²) in [6, 6.07) is 11.3. The summed E-state index contributed by atoms with van der Waals surface area (Å²) in [5.74, 6) is -1.62. The number of hydrogen-bond acceptors (Lipinski definition) is 2. The molecule has 2 amide bonds. The zero-order valence-corrected chi connectivity index (χ0v) is 14.1. The number of amides is 2. The molecule has 1 aliphatic rings. The Morgan fingerprint density at radius 3 is 2.42 bits per heavy atom. The number of alkyl halides is 3. The van der Waals surface area contributed by atoms with E-state index in [0.717, 1.165) is 6.07 Å². The van der Waals surface area contributed by atoms with Crippen molar-refractivity contribution in [2.75, 3.05) is 16.8 Å². The van der Waals surface area contributed by atoms with Crippen molar-refractivity contribution in [1.29, 1.82) is 0 Å². The number of para-hydroxylation sites is 1. The molecular formula is C18H14ClF3N2O2. The maximum Gasteiger partial charge on any atom is 0.418 e. The largest absolute Gasteiger partial charge is 0.418 e. The quantitative estimate of drug-likeness (QED) is 0.858. The van der Waals surface area contributed by atoms with Crippen LogP contribution in [0.5, 0.6) is 0 Å². The van der Waals surface area contributed by atoms with E-state index < -0.39 is 23.6 Å². The van der Waals surface area contributed by atoms with E-state index in [1.165, 1.54) is 23.1 Å². The van der Waals surface area contributed by atoms with Gasteiger partial charge in [-0.1, -0.05) is 23.7 Å². The summed E-state index contributed by atoms with van der Waals surface area (Å²) in [5, 5.41) is 2.81. The molecule has 3 rings (SSSR count). The molecule has 8 heteroatoms. The monoisotopic (exact) mass is 382 g/mol. The lowest BCUT2D eigenvalue weighted by molar-refractivity contribution is -0.137. The van der Waals surface area contributed by atoms with E-state index in [1.54, 1.807) is 24.3 Å². The lowest BCUT2D eigenvalue weighted by atomic mass is 10.1. The van der Waals surface area contributed by atoms with E-state index in [1.807, 2.05) is 0 Å². The van der Waals surface area contributed by atoms with Crippen molar-refractivity contribution in [1.82, 2.24) is 0 Å². The smallest absolute Gasteiger partial charge is 0.325 e. The molecule has 1 heterocycles. The van der Waals surface area contributed by atoms with Crippen LogP contribution in [0.2, 0.25) is 5.02 Å². The number of benzene rings is 2. The first-order valence-electron chi connectivity index (χ1n) is 7.79. The lowest BCUT2D eigenvalue weighted by Gasteiger charge is -2.18. The van der Waals surface area contributed by atoms with Crippen LogP contribution in [0, 0.1) is 5.92 Å². The molecule has 26 heavy (non-hydrogen) atoms. The molecule has 1 N–H and O–H groups in total. The van der Waals surface area contributed by atoms with Gasteiger partial charge in [0, 0.05) is 23.7 Å². The van der Waals surface area contributed by atoms with Gasteiger partial charge in [-0.15, -0.1) is 0 Å². The summed E-state index contributed by atoms with van der Waals surface area (Å²) < 4.78 is 39.1. The minimum atomic E-state index is -4.58. The number of anilines is 2. The summed E-state index contributed by atoms with van der Waals surface area (Å²) in [7, 11) is 0. The van der Waals surface area contributed by atoms with Gasteiger partial charge < -0.3 is 10.2 Å². The van der Waals surface area contributed by atoms with Crippen molar-refractivity contribution in [3.05, 3.63) is 59.1 Å². The minimum Gasteiger partial charge on any atom is -0.325 e. The molecule has 0 radical (unpaired) electrons. The minimum absolute atomic E-state index is 0.0668. The third kappa shape index (κ3) is 3.83. The Hall–Kier alpha value is -2.54. The van der Waals surface area contributed by atoms with Crippen LogP contribution >= 0.6 is 11.6 Å². The van der Waals surface area contributed by atoms with Gasteiger partial charge >= 0.3 is 6.18 Å². The molecule has 0 unspecified atom stereocenters. The number of halogens is 4. The first-order chi connectivity index (χ1) is 12.3. The molecule has 4 nitrogen and oxygen atoms in total. The molecule has 2 aromatic rings. The van der Waals surface area contributed by atoms with Crippen molar-refractivity contribution in [2.24, 2.45) is 5.92 Å². The van der Waals surface area contributed by atoms with Crippen molar-refractivity contribution in [3.63, 3.8) is 0 Å². The molecule has 0 bridgehead atoms. The van der Waals surface area contributed by atoms with Gasteiger partial charge in [0.15, 0.2) is 0 Å². The lowest BCUT2D eigenvalue weighted by Crippen LogP contribution is -2.28. The fraction of sp³-hybridized carbons (Fsp3) is 0.222. The third-order valence-corrected chi connectivity index (χ3v) is 4.38. The second kappa shape index (κ2) is 6.99. The molecular weight excluding hydrogens is 369 g/mol. The fourth-order valence-electron chi connectivity index (χ4n) is 2.83. The van der Waals surface area contributed by atoms with Gasteiger partial charge in [-0.2, -0.15) is 13.2 Å². The molecule has 1 fully saturated rings. The zero-order chi connectivity index (χ0) is 18.9. The Morgan fingerprint density at radius 1 is 1.12 bits per heavy atom. The summed E-state index contributed by atoms with van der Waals surface area (Å²) in [6.45, 7) is 0.0977. The van der Waals surface area contributed by atoms with E-state index >= 15 is 0 Å².